The summed E-state index contributed by atoms with van der Waals surface area (Å²) in [5.41, 5.74) is 4.73. The SMILES string of the molecule is CCOc1cc(S(=O)(=O)c2ccc(C(C)NC(=O)CC(=O)Nc3ccc(C(=N)N)cc3)cc2C(F)(F)F)ccn1. The van der Waals surface area contributed by atoms with Crippen molar-refractivity contribution in [2.75, 3.05) is 11.9 Å². The van der Waals surface area contributed by atoms with E-state index < -0.39 is 55.6 Å². The van der Waals surface area contributed by atoms with Gasteiger partial charge in [0.1, 0.15) is 12.3 Å². The number of nitrogens with one attached hydrogen (secondary N) is 3. The van der Waals surface area contributed by atoms with E-state index in [0.29, 0.717) is 17.3 Å². The van der Waals surface area contributed by atoms with Crippen LogP contribution in [0.2, 0.25) is 0 Å². The molecule has 1 aromatic heterocycles. The highest BCUT2D eigenvalue weighted by Gasteiger charge is 2.38. The number of carbonyl (C=O) groups excluding carboxylic acids is 2. The Balaban J connectivity index is 1.77. The van der Waals surface area contributed by atoms with E-state index in [0.717, 1.165) is 30.5 Å². The first-order valence-electron chi connectivity index (χ1n) is 11.8. The summed E-state index contributed by atoms with van der Waals surface area (Å²) in [5.74, 6) is -1.65. The number of carbonyl (C=O) groups is 2. The minimum atomic E-state index is -5.03. The largest absolute Gasteiger partial charge is 0.478 e. The second kappa shape index (κ2) is 12.2. The van der Waals surface area contributed by atoms with Gasteiger partial charge in [-0.3, -0.25) is 15.0 Å². The molecule has 10 nitrogen and oxygen atoms in total. The maximum Gasteiger partial charge on any atom is 0.417 e. The Hall–Kier alpha value is -4.46. The summed E-state index contributed by atoms with van der Waals surface area (Å²) in [6.07, 6.45) is -4.54. The molecule has 0 saturated heterocycles. The molecule has 14 heteroatoms. The molecule has 212 valence electrons. The third kappa shape index (κ3) is 7.34. The molecule has 2 amide bonds. The van der Waals surface area contributed by atoms with Gasteiger partial charge in [0, 0.05) is 23.5 Å². The second-order valence-corrected chi connectivity index (χ2v) is 10.4. The normalized spacial score (nSPS) is 12.3. The molecule has 0 aliphatic rings. The van der Waals surface area contributed by atoms with E-state index >= 15 is 0 Å². The number of amidine groups is 1. The maximum atomic E-state index is 14.0. The van der Waals surface area contributed by atoms with Crippen molar-refractivity contribution in [1.29, 1.82) is 5.41 Å². The fraction of sp³-hybridized carbons (Fsp3) is 0.231. The molecule has 0 fully saturated rings. The predicted molar refractivity (Wildman–Crippen MR) is 140 cm³/mol. The molecule has 3 rings (SSSR count). The van der Waals surface area contributed by atoms with Crippen LogP contribution in [0.3, 0.4) is 0 Å². The number of halogens is 3. The molecule has 1 heterocycles. The van der Waals surface area contributed by atoms with Crippen LogP contribution in [0, 0.1) is 5.41 Å². The highest BCUT2D eigenvalue weighted by atomic mass is 32.2. The summed E-state index contributed by atoms with van der Waals surface area (Å²) >= 11 is 0. The van der Waals surface area contributed by atoms with Gasteiger partial charge in [-0.1, -0.05) is 6.07 Å². The van der Waals surface area contributed by atoms with Gasteiger partial charge in [-0.25, -0.2) is 13.4 Å². The van der Waals surface area contributed by atoms with E-state index in [9.17, 15) is 31.2 Å². The average Bonchev–Trinajstić information content (AvgIpc) is 2.88. The quantitative estimate of drug-likeness (QED) is 0.162. The molecular weight excluding hydrogens is 551 g/mol. The number of hydrogen-bond donors (Lipinski definition) is 4. The van der Waals surface area contributed by atoms with Crippen molar-refractivity contribution in [2.45, 2.75) is 42.3 Å². The van der Waals surface area contributed by atoms with Gasteiger partial charge in [-0.15, -0.1) is 0 Å². The molecular formula is C26H26F3N5O5S. The van der Waals surface area contributed by atoms with E-state index in [1.807, 2.05) is 0 Å². The van der Waals surface area contributed by atoms with Gasteiger partial charge in [-0.05, 0) is 61.9 Å². The first-order chi connectivity index (χ1) is 18.7. The molecule has 1 unspecified atom stereocenters. The first-order valence-corrected chi connectivity index (χ1v) is 13.3. The van der Waals surface area contributed by atoms with Gasteiger partial charge in [0.25, 0.3) is 0 Å². The van der Waals surface area contributed by atoms with E-state index in [2.05, 4.69) is 15.6 Å². The van der Waals surface area contributed by atoms with E-state index in [1.54, 1.807) is 6.92 Å². The van der Waals surface area contributed by atoms with Gasteiger partial charge in [0.2, 0.25) is 27.5 Å². The van der Waals surface area contributed by atoms with Crippen molar-refractivity contribution in [2.24, 2.45) is 5.73 Å². The fourth-order valence-electron chi connectivity index (χ4n) is 3.64. The van der Waals surface area contributed by atoms with Crippen LogP contribution in [0.25, 0.3) is 0 Å². The highest BCUT2D eigenvalue weighted by molar-refractivity contribution is 7.91. The molecule has 0 aliphatic carbocycles. The highest BCUT2D eigenvalue weighted by Crippen LogP contribution is 2.38. The van der Waals surface area contributed by atoms with Crippen molar-refractivity contribution < 1.29 is 35.9 Å². The Kier molecular flexibility index (Phi) is 9.14. The molecule has 0 bridgehead atoms. The zero-order valence-corrected chi connectivity index (χ0v) is 22.2. The summed E-state index contributed by atoms with van der Waals surface area (Å²) in [7, 11) is -4.61. The molecule has 5 N–H and O–H groups in total. The third-order valence-corrected chi connectivity index (χ3v) is 7.40. The number of benzene rings is 2. The summed E-state index contributed by atoms with van der Waals surface area (Å²) in [4.78, 5) is 27.1. The Bertz CT molecular complexity index is 1530. The summed E-state index contributed by atoms with van der Waals surface area (Å²) in [6, 6.07) is 9.76. The van der Waals surface area contributed by atoms with Crippen molar-refractivity contribution in [3.05, 3.63) is 77.5 Å². The number of ether oxygens (including phenoxy) is 1. The smallest absolute Gasteiger partial charge is 0.417 e. The molecule has 0 saturated carbocycles. The molecule has 0 aliphatic heterocycles. The first kappa shape index (κ1) is 30.1. The zero-order valence-electron chi connectivity index (χ0n) is 21.4. The number of nitrogens with zero attached hydrogens (tertiary/aromatic N) is 1. The number of amides is 2. The third-order valence-electron chi connectivity index (χ3n) is 5.59. The Morgan fingerprint density at radius 1 is 1.07 bits per heavy atom. The van der Waals surface area contributed by atoms with Crippen LogP contribution < -0.4 is 21.1 Å². The number of sulfone groups is 1. The van der Waals surface area contributed by atoms with Gasteiger partial charge >= 0.3 is 6.18 Å². The molecule has 1 atom stereocenters. The topological polar surface area (TPSA) is 164 Å². The number of aromatic nitrogens is 1. The van der Waals surface area contributed by atoms with Crippen LogP contribution in [-0.2, 0) is 25.6 Å². The molecule has 40 heavy (non-hydrogen) atoms. The number of anilines is 1. The molecule has 3 aromatic rings. The Labute approximate surface area is 228 Å². The van der Waals surface area contributed by atoms with Crippen LogP contribution in [0.1, 0.15) is 43.0 Å². The maximum absolute atomic E-state index is 14.0. The number of nitrogen functional groups attached to an aromatic ring is 1. The van der Waals surface area contributed by atoms with Crippen LogP contribution in [-0.4, -0.2) is 37.7 Å². The van der Waals surface area contributed by atoms with Crippen LogP contribution >= 0.6 is 0 Å². The van der Waals surface area contributed by atoms with Gasteiger partial charge in [0.05, 0.1) is 28.0 Å². The van der Waals surface area contributed by atoms with Gasteiger partial charge in [0.15, 0.2) is 0 Å². The number of hydrogen-bond acceptors (Lipinski definition) is 7. The van der Waals surface area contributed by atoms with Crippen molar-refractivity contribution in [3.8, 4) is 5.88 Å². The van der Waals surface area contributed by atoms with Crippen LogP contribution in [0.4, 0.5) is 18.9 Å². The molecule has 0 spiro atoms. The Morgan fingerprint density at radius 2 is 1.75 bits per heavy atom. The van der Waals surface area contributed by atoms with Gasteiger partial charge < -0.3 is 21.1 Å². The zero-order chi connectivity index (χ0) is 29.7. The van der Waals surface area contributed by atoms with Crippen LogP contribution in [0.15, 0.2) is 70.6 Å². The predicted octanol–water partition coefficient (Wildman–Crippen LogP) is 3.82. The molecule has 0 radical (unpaired) electrons. The number of nitrogens with two attached hydrogens (primary N) is 1. The lowest BCUT2D eigenvalue weighted by atomic mass is 10.0. The van der Waals surface area contributed by atoms with E-state index in [4.69, 9.17) is 15.9 Å². The van der Waals surface area contributed by atoms with Crippen molar-refractivity contribution in [3.63, 3.8) is 0 Å². The fourth-order valence-corrected chi connectivity index (χ4v) is 5.11. The van der Waals surface area contributed by atoms with Crippen molar-refractivity contribution in [1.82, 2.24) is 10.3 Å². The Morgan fingerprint density at radius 3 is 2.35 bits per heavy atom. The summed E-state index contributed by atoms with van der Waals surface area (Å²) in [6.45, 7) is 3.22. The molecule has 2 aromatic carbocycles. The lowest BCUT2D eigenvalue weighted by molar-refractivity contribution is -0.140. The minimum Gasteiger partial charge on any atom is -0.478 e. The van der Waals surface area contributed by atoms with E-state index in [-0.39, 0.29) is 23.9 Å². The standard InChI is InChI=1S/C26H26F3N5O5S/c1-3-39-24-13-19(10-11-32-24)40(37,38)21-9-6-17(12-20(21)26(27,28)29)15(2)33-22(35)14-23(36)34-18-7-4-16(5-8-18)25(30)31/h4-13,15H,3,14H2,1-2H3,(H3,30,31)(H,33,35)(H,34,36). The minimum absolute atomic E-state index is 0.0235. The number of alkyl halides is 3. The number of rotatable bonds is 10. The second-order valence-electron chi connectivity index (χ2n) is 8.52. The lowest BCUT2D eigenvalue weighted by Gasteiger charge is -2.19. The van der Waals surface area contributed by atoms with Crippen molar-refractivity contribution >= 4 is 33.2 Å². The summed E-state index contributed by atoms with van der Waals surface area (Å²) in [5, 5.41) is 12.3. The lowest BCUT2D eigenvalue weighted by Crippen LogP contribution is -2.30. The van der Waals surface area contributed by atoms with Gasteiger partial charge in [-0.2, -0.15) is 13.2 Å². The monoisotopic (exact) mass is 577 g/mol. The van der Waals surface area contributed by atoms with Crippen LogP contribution in [0.5, 0.6) is 5.88 Å². The summed E-state index contributed by atoms with van der Waals surface area (Å²) < 4.78 is 73.4. The average molecular weight is 578 g/mol. The number of pyridine rings is 1. The van der Waals surface area contributed by atoms with E-state index in [1.165, 1.54) is 31.2 Å².